The zero-order valence-corrected chi connectivity index (χ0v) is 12.5. The molecule has 0 radical (unpaired) electrons. The third-order valence-electron chi connectivity index (χ3n) is 4.98. The number of likely N-dealkylation sites (N-methyl/N-ethyl adjacent to an activating group) is 1. The highest BCUT2D eigenvalue weighted by atomic mass is 15.3. The van der Waals surface area contributed by atoms with Gasteiger partial charge in [-0.1, -0.05) is 13.8 Å². The minimum absolute atomic E-state index is 0.325. The van der Waals surface area contributed by atoms with Crippen LogP contribution in [0.4, 0.5) is 0 Å². The largest absolute Gasteiger partial charge is 0.329 e. The van der Waals surface area contributed by atoms with Crippen molar-refractivity contribution in [3.8, 4) is 0 Å². The van der Waals surface area contributed by atoms with Crippen molar-refractivity contribution < 1.29 is 0 Å². The van der Waals surface area contributed by atoms with Gasteiger partial charge >= 0.3 is 0 Å². The summed E-state index contributed by atoms with van der Waals surface area (Å²) in [5.41, 5.74) is 6.57. The fourth-order valence-electron chi connectivity index (χ4n) is 3.43. The van der Waals surface area contributed by atoms with Crippen LogP contribution in [0.1, 0.15) is 39.5 Å². The fraction of sp³-hybridized carbons (Fsp3) is 1.00. The van der Waals surface area contributed by atoms with E-state index in [0.29, 0.717) is 5.54 Å². The molecule has 18 heavy (non-hydrogen) atoms. The molecule has 0 spiro atoms. The zero-order valence-electron chi connectivity index (χ0n) is 12.5. The van der Waals surface area contributed by atoms with Gasteiger partial charge in [-0.25, -0.2) is 0 Å². The van der Waals surface area contributed by atoms with Gasteiger partial charge in [0.05, 0.1) is 0 Å². The van der Waals surface area contributed by atoms with Crippen molar-refractivity contribution in [2.24, 2.45) is 17.6 Å². The van der Waals surface area contributed by atoms with E-state index in [2.05, 4.69) is 30.7 Å². The first-order chi connectivity index (χ1) is 8.58. The van der Waals surface area contributed by atoms with Crippen molar-refractivity contribution in [3.05, 3.63) is 0 Å². The smallest absolute Gasteiger partial charge is 0.0361 e. The van der Waals surface area contributed by atoms with Gasteiger partial charge in [-0.3, -0.25) is 4.90 Å². The van der Waals surface area contributed by atoms with Crippen LogP contribution in [-0.2, 0) is 0 Å². The minimum atomic E-state index is 0.325. The molecule has 1 atom stereocenters. The lowest BCUT2D eigenvalue weighted by Gasteiger charge is -2.48. The number of nitrogens with zero attached hydrogens (tertiary/aromatic N) is 2. The number of hydrogen-bond acceptors (Lipinski definition) is 3. The summed E-state index contributed by atoms with van der Waals surface area (Å²) in [6.45, 7) is 10.3. The molecule has 0 aromatic heterocycles. The van der Waals surface area contributed by atoms with Crippen molar-refractivity contribution in [3.63, 3.8) is 0 Å². The lowest BCUT2D eigenvalue weighted by molar-refractivity contribution is 0.0197. The second-order valence-electron chi connectivity index (χ2n) is 6.80. The molecule has 1 saturated heterocycles. The molecule has 106 valence electrons. The van der Waals surface area contributed by atoms with Crippen molar-refractivity contribution in [2.45, 2.75) is 45.1 Å². The topological polar surface area (TPSA) is 32.5 Å². The average Bonchev–Trinajstić information content (AvgIpc) is 3.17. The second-order valence-corrected chi connectivity index (χ2v) is 6.80. The standard InChI is InChI=1S/C15H31N3/c1-13(2)6-7-15(12-16,14-4-5-14)18-10-8-17(3)9-11-18/h13-14H,4-12,16H2,1-3H3. The molecule has 1 aliphatic carbocycles. The highest BCUT2D eigenvalue weighted by molar-refractivity contribution is 5.04. The quantitative estimate of drug-likeness (QED) is 0.783. The molecule has 0 aromatic rings. The molecular weight excluding hydrogens is 222 g/mol. The third-order valence-corrected chi connectivity index (χ3v) is 4.98. The SMILES string of the molecule is CC(C)CCC(CN)(C1CC1)N1CCN(C)CC1. The maximum absolute atomic E-state index is 6.25. The van der Waals surface area contributed by atoms with E-state index in [-0.39, 0.29) is 0 Å². The van der Waals surface area contributed by atoms with Gasteiger partial charge in [-0.15, -0.1) is 0 Å². The molecule has 1 aliphatic heterocycles. The van der Waals surface area contributed by atoms with Gasteiger partial charge in [-0.05, 0) is 44.6 Å². The Morgan fingerprint density at radius 1 is 1.17 bits per heavy atom. The van der Waals surface area contributed by atoms with Crippen LogP contribution in [0, 0.1) is 11.8 Å². The zero-order chi connectivity index (χ0) is 13.2. The first-order valence-corrected chi connectivity index (χ1v) is 7.72. The van der Waals surface area contributed by atoms with Gasteiger partial charge in [-0.2, -0.15) is 0 Å². The Labute approximate surface area is 113 Å². The molecule has 2 aliphatic rings. The van der Waals surface area contributed by atoms with E-state index in [4.69, 9.17) is 5.73 Å². The minimum Gasteiger partial charge on any atom is -0.329 e. The first-order valence-electron chi connectivity index (χ1n) is 7.72. The predicted molar refractivity (Wildman–Crippen MR) is 77.7 cm³/mol. The molecule has 1 saturated carbocycles. The van der Waals surface area contributed by atoms with Crippen LogP contribution < -0.4 is 5.73 Å². The van der Waals surface area contributed by atoms with E-state index in [1.54, 1.807) is 0 Å². The summed E-state index contributed by atoms with van der Waals surface area (Å²) in [5.74, 6) is 1.67. The summed E-state index contributed by atoms with van der Waals surface area (Å²) in [6.07, 6.45) is 5.43. The van der Waals surface area contributed by atoms with E-state index >= 15 is 0 Å². The van der Waals surface area contributed by atoms with E-state index in [9.17, 15) is 0 Å². The predicted octanol–water partition coefficient (Wildman–Crippen LogP) is 1.78. The van der Waals surface area contributed by atoms with E-state index in [1.165, 1.54) is 51.9 Å². The Morgan fingerprint density at radius 2 is 1.78 bits per heavy atom. The van der Waals surface area contributed by atoms with Gasteiger partial charge in [0.2, 0.25) is 0 Å². The molecule has 2 rings (SSSR count). The van der Waals surface area contributed by atoms with Crippen LogP contribution in [0.5, 0.6) is 0 Å². The van der Waals surface area contributed by atoms with Gasteiger partial charge < -0.3 is 10.6 Å². The van der Waals surface area contributed by atoms with Crippen molar-refractivity contribution in [2.75, 3.05) is 39.8 Å². The van der Waals surface area contributed by atoms with Gasteiger partial charge in [0.1, 0.15) is 0 Å². The normalized spacial score (nSPS) is 26.5. The van der Waals surface area contributed by atoms with E-state index in [0.717, 1.165) is 18.4 Å². The maximum atomic E-state index is 6.25. The van der Waals surface area contributed by atoms with Gasteiger partial charge in [0.15, 0.2) is 0 Å². The Kier molecular flexibility index (Phi) is 4.68. The lowest BCUT2D eigenvalue weighted by atomic mass is 9.83. The molecular formula is C15H31N3. The van der Waals surface area contributed by atoms with Crippen molar-refractivity contribution in [1.29, 1.82) is 0 Å². The molecule has 3 nitrogen and oxygen atoms in total. The summed E-state index contributed by atoms with van der Waals surface area (Å²) >= 11 is 0. The molecule has 1 unspecified atom stereocenters. The van der Waals surface area contributed by atoms with E-state index in [1.807, 2.05) is 0 Å². The van der Waals surface area contributed by atoms with Crippen LogP contribution in [0.3, 0.4) is 0 Å². The van der Waals surface area contributed by atoms with Crippen LogP contribution in [0.25, 0.3) is 0 Å². The lowest BCUT2D eigenvalue weighted by Crippen LogP contribution is -2.61. The number of rotatable bonds is 6. The molecule has 0 bridgehead atoms. The Balaban J connectivity index is 2.03. The Bertz CT molecular complexity index is 254. The Morgan fingerprint density at radius 3 is 2.22 bits per heavy atom. The first kappa shape index (κ1) is 14.3. The number of nitrogens with two attached hydrogens (primary N) is 1. The summed E-state index contributed by atoms with van der Waals surface area (Å²) in [4.78, 5) is 5.17. The van der Waals surface area contributed by atoms with E-state index < -0.39 is 0 Å². The molecule has 2 fully saturated rings. The second kappa shape index (κ2) is 5.89. The third kappa shape index (κ3) is 3.06. The molecule has 2 N–H and O–H groups in total. The van der Waals surface area contributed by atoms with Crippen LogP contribution in [-0.4, -0.2) is 55.1 Å². The van der Waals surface area contributed by atoms with Gasteiger partial charge in [0, 0.05) is 38.3 Å². The summed E-state index contributed by atoms with van der Waals surface area (Å²) in [6, 6.07) is 0. The molecule has 0 amide bonds. The van der Waals surface area contributed by atoms with Crippen LogP contribution >= 0.6 is 0 Å². The van der Waals surface area contributed by atoms with Crippen molar-refractivity contribution in [1.82, 2.24) is 9.80 Å². The van der Waals surface area contributed by atoms with Gasteiger partial charge in [0.25, 0.3) is 0 Å². The summed E-state index contributed by atoms with van der Waals surface area (Å²) < 4.78 is 0. The van der Waals surface area contributed by atoms with Crippen LogP contribution in [0.2, 0.25) is 0 Å². The Hall–Kier alpha value is -0.120. The average molecular weight is 253 g/mol. The maximum Gasteiger partial charge on any atom is 0.0361 e. The summed E-state index contributed by atoms with van der Waals surface area (Å²) in [7, 11) is 2.23. The highest BCUT2D eigenvalue weighted by Crippen LogP contribution is 2.46. The van der Waals surface area contributed by atoms with Crippen LogP contribution in [0.15, 0.2) is 0 Å². The number of piperazine rings is 1. The monoisotopic (exact) mass is 253 g/mol. The molecule has 1 heterocycles. The number of hydrogen-bond donors (Lipinski definition) is 1. The molecule has 0 aromatic carbocycles. The molecule has 3 heteroatoms. The fourth-order valence-corrected chi connectivity index (χ4v) is 3.43. The van der Waals surface area contributed by atoms with Crippen molar-refractivity contribution >= 4 is 0 Å². The highest BCUT2D eigenvalue weighted by Gasteiger charge is 2.48. The summed E-state index contributed by atoms with van der Waals surface area (Å²) in [5, 5.41) is 0.